The molecule has 0 aliphatic rings. The van der Waals surface area contributed by atoms with Crippen molar-refractivity contribution in [3.63, 3.8) is 0 Å². The Hall–Kier alpha value is -0.550. The van der Waals surface area contributed by atoms with Gasteiger partial charge >= 0.3 is 0 Å². The molecule has 0 aromatic heterocycles. The van der Waals surface area contributed by atoms with Crippen molar-refractivity contribution in [3.8, 4) is 6.07 Å². The van der Waals surface area contributed by atoms with Gasteiger partial charge in [-0.1, -0.05) is 20.8 Å². The number of nitriles is 1. The summed E-state index contributed by atoms with van der Waals surface area (Å²) in [7, 11) is 2.12. The van der Waals surface area contributed by atoms with E-state index in [2.05, 4.69) is 45.7 Å². The highest BCUT2D eigenvalue weighted by molar-refractivity contribution is 4.83. The van der Waals surface area contributed by atoms with Crippen LogP contribution < -0.4 is 0 Å². The summed E-state index contributed by atoms with van der Waals surface area (Å²) in [6, 6.07) is 3.22. The summed E-state index contributed by atoms with van der Waals surface area (Å²) in [5, 5.41) is 8.66. The molecule has 0 amide bonds. The molecule has 0 spiro atoms. The average molecular weight is 182 g/mol. The fourth-order valence-electron chi connectivity index (χ4n) is 1.48. The maximum atomic E-state index is 8.66. The van der Waals surface area contributed by atoms with Crippen LogP contribution in [0, 0.1) is 17.2 Å². The molecule has 0 heterocycles. The second-order valence-corrected chi connectivity index (χ2v) is 4.07. The molecule has 0 aliphatic carbocycles. The second kappa shape index (κ2) is 5.99. The van der Waals surface area contributed by atoms with Gasteiger partial charge < -0.3 is 0 Å². The van der Waals surface area contributed by atoms with Gasteiger partial charge in [0.25, 0.3) is 0 Å². The van der Waals surface area contributed by atoms with Gasteiger partial charge in [0.05, 0.1) is 12.5 Å². The standard InChI is InChI=1S/C11H22N2/c1-6-11(7-8-12)13(5)10(4)9(2)3/h9-11H,6-7H2,1-5H3. The zero-order chi connectivity index (χ0) is 10.4. The zero-order valence-electron chi connectivity index (χ0n) is 9.54. The Balaban J connectivity index is 4.20. The van der Waals surface area contributed by atoms with Crippen LogP contribution in [0.3, 0.4) is 0 Å². The third-order valence-corrected chi connectivity index (χ3v) is 2.98. The van der Waals surface area contributed by atoms with Crippen LogP contribution in [-0.4, -0.2) is 24.0 Å². The molecule has 0 aliphatic heterocycles. The molecule has 0 rings (SSSR count). The van der Waals surface area contributed by atoms with E-state index in [4.69, 9.17) is 5.26 Å². The molecule has 0 fully saturated rings. The van der Waals surface area contributed by atoms with E-state index in [1.807, 2.05) is 0 Å². The van der Waals surface area contributed by atoms with E-state index in [1.54, 1.807) is 0 Å². The molecule has 0 N–H and O–H groups in total. The van der Waals surface area contributed by atoms with Gasteiger partial charge in [-0.05, 0) is 26.3 Å². The van der Waals surface area contributed by atoms with Gasteiger partial charge in [0.2, 0.25) is 0 Å². The van der Waals surface area contributed by atoms with Crippen LogP contribution in [0.2, 0.25) is 0 Å². The Kier molecular flexibility index (Phi) is 5.73. The predicted octanol–water partition coefficient (Wildman–Crippen LogP) is 2.65. The van der Waals surface area contributed by atoms with Crippen molar-refractivity contribution in [1.82, 2.24) is 4.90 Å². The topological polar surface area (TPSA) is 27.0 Å². The summed E-state index contributed by atoms with van der Waals surface area (Å²) in [5.74, 6) is 0.651. The zero-order valence-corrected chi connectivity index (χ0v) is 9.54. The fraction of sp³-hybridized carbons (Fsp3) is 0.909. The lowest BCUT2D eigenvalue weighted by atomic mass is 10.0. The Morgan fingerprint density at radius 3 is 2.15 bits per heavy atom. The maximum absolute atomic E-state index is 8.66. The molecule has 2 heteroatoms. The Morgan fingerprint density at radius 1 is 1.31 bits per heavy atom. The summed E-state index contributed by atoms with van der Waals surface area (Å²) in [6.45, 7) is 8.82. The first-order valence-electron chi connectivity index (χ1n) is 5.13. The number of nitrogens with zero attached hydrogens (tertiary/aromatic N) is 2. The lowest BCUT2D eigenvalue weighted by Crippen LogP contribution is -2.40. The van der Waals surface area contributed by atoms with Gasteiger partial charge in [-0.2, -0.15) is 5.26 Å². The van der Waals surface area contributed by atoms with Gasteiger partial charge in [0.1, 0.15) is 0 Å². The molecule has 76 valence electrons. The Labute approximate surface area is 82.5 Å². The van der Waals surface area contributed by atoms with Crippen molar-refractivity contribution in [2.45, 2.75) is 52.6 Å². The highest BCUT2D eigenvalue weighted by atomic mass is 15.2. The predicted molar refractivity (Wildman–Crippen MR) is 56.4 cm³/mol. The molecule has 13 heavy (non-hydrogen) atoms. The first-order chi connectivity index (χ1) is 6.04. The minimum Gasteiger partial charge on any atom is -0.299 e. The SMILES string of the molecule is CCC(CC#N)N(C)C(C)C(C)C. The highest BCUT2D eigenvalue weighted by Crippen LogP contribution is 2.15. The normalized spacial score (nSPS) is 15.8. The Bertz CT molecular complexity index is 169. The van der Waals surface area contributed by atoms with Crippen LogP contribution in [-0.2, 0) is 0 Å². The Morgan fingerprint density at radius 2 is 1.85 bits per heavy atom. The minimum absolute atomic E-state index is 0.419. The molecule has 0 saturated heterocycles. The molecular weight excluding hydrogens is 160 g/mol. The van der Waals surface area contributed by atoms with E-state index >= 15 is 0 Å². The van der Waals surface area contributed by atoms with E-state index in [0.717, 1.165) is 6.42 Å². The number of rotatable bonds is 5. The molecule has 0 bridgehead atoms. The van der Waals surface area contributed by atoms with Crippen LogP contribution in [0.4, 0.5) is 0 Å². The van der Waals surface area contributed by atoms with Crippen LogP contribution in [0.5, 0.6) is 0 Å². The van der Waals surface area contributed by atoms with Gasteiger partial charge in [-0.25, -0.2) is 0 Å². The lowest BCUT2D eigenvalue weighted by Gasteiger charge is -2.33. The molecule has 0 aromatic rings. The van der Waals surface area contributed by atoms with Crippen LogP contribution in [0.25, 0.3) is 0 Å². The monoisotopic (exact) mass is 182 g/mol. The van der Waals surface area contributed by atoms with Crippen molar-refractivity contribution in [2.24, 2.45) is 5.92 Å². The van der Waals surface area contributed by atoms with E-state index in [1.165, 1.54) is 0 Å². The largest absolute Gasteiger partial charge is 0.299 e. The van der Waals surface area contributed by atoms with Crippen molar-refractivity contribution in [3.05, 3.63) is 0 Å². The van der Waals surface area contributed by atoms with E-state index in [0.29, 0.717) is 24.4 Å². The summed E-state index contributed by atoms with van der Waals surface area (Å²) in [4.78, 5) is 2.33. The van der Waals surface area contributed by atoms with Crippen molar-refractivity contribution < 1.29 is 0 Å². The first-order valence-corrected chi connectivity index (χ1v) is 5.13. The molecule has 2 atom stereocenters. The minimum atomic E-state index is 0.419. The molecule has 0 aromatic carbocycles. The number of hydrogen-bond donors (Lipinski definition) is 0. The fourth-order valence-corrected chi connectivity index (χ4v) is 1.48. The highest BCUT2D eigenvalue weighted by Gasteiger charge is 2.19. The van der Waals surface area contributed by atoms with E-state index < -0.39 is 0 Å². The summed E-state index contributed by atoms with van der Waals surface area (Å²) in [6.07, 6.45) is 1.70. The van der Waals surface area contributed by atoms with Crippen molar-refractivity contribution in [1.29, 1.82) is 5.26 Å². The lowest BCUT2D eigenvalue weighted by molar-refractivity contribution is 0.146. The summed E-state index contributed by atoms with van der Waals surface area (Å²) < 4.78 is 0. The summed E-state index contributed by atoms with van der Waals surface area (Å²) >= 11 is 0. The third kappa shape index (κ3) is 3.78. The molecule has 2 nitrogen and oxygen atoms in total. The van der Waals surface area contributed by atoms with E-state index in [-0.39, 0.29) is 0 Å². The van der Waals surface area contributed by atoms with Crippen molar-refractivity contribution in [2.75, 3.05) is 7.05 Å². The molecule has 0 radical (unpaired) electrons. The van der Waals surface area contributed by atoms with Gasteiger partial charge in [0, 0.05) is 12.1 Å². The van der Waals surface area contributed by atoms with Gasteiger partial charge in [-0.15, -0.1) is 0 Å². The number of hydrogen-bond acceptors (Lipinski definition) is 2. The molecule has 0 saturated carbocycles. The van der Waals surface area contributed by atoms with Crippen LogP contribution in [0.1, 0.15) is 40.5 Å². The molecular formula is C11H22N2. The summed E-state index contributed by atoms with van der Waals surface area (Å²) in [5.41, 5.74) is 0. The first kappa shape index (κ1) is 12.4. The van der Waals surface area contributed by atoms with Crippen LogP contribution >= 0.6 is 0 Å². The third-order valence-electron chi connectivity index (χ3n) is 2.98. The van der Waals surface area contributed by atoms with Gasteiger partial charge in [-0.3, -0.25) is 4.90 Å². The second-order valence-electron chi connectivity index (χ2n) is 4.07. The average Bonchev–Trinajstić information content (AvgIpc) is 2.11. The van der Waals surface area contributed by atoms with E-state index in [9.17, 15) is 0 Å². The van der Waals surface area contributed by atoms with Gasteiger partial charge in [0.15, 0.2) is 0 Å². The van der Waals surface area contributed by atoms with Crippen molar-refractivity contribution >= 4 is 0 Å². The maximum Gasteiger partial charge on any atom is 0.0638 e. The smallest absolute Gasteiger partial charge is 0.0638 e. The quantitative estimate of drug-likeness (QED) is 0.653. The van der Waals surface area contributed by atoms with Crippen LogP contribution in [0.15, 0.2) is 0 Å². The molecule has 2 unspecified atom stereocenters.